The summed E-state index contributed by atoms with van der Waals surface area (Å²) in [5, 5.41) is 12.0. The highest BCUT2D eigenvalue weighted by atomic mass is 32.1. The fraction of sp³-hybridized carbons (Fsp3) is 0.308. The van der Waals surface area contributed by atoms with E-state index in [1.807, 2.05) is 10.3 Å². The number of aromatic nitrogens is 2. The normalized spacial score (nSPS) is 15.2. The Labute approximate surface area is 125 Å². The van der Waals surface area contributed by atoms with Gasteiger partial charge in [-0.05, 0) is 12.1 Å². The molecule has 0 spiro atoms. The lowest BCUT2D eigenvalue weighted by Gasteiger charge is -2.35. The molecule has 2 aromatic heterocycles. The van der Waals surface area contributed by atoms with Crippen molar-refractivity contribution in [2.45, 2.75) is 0 Å². The monoisotopic (exact) mass is 305 g/mol. The molecule has 0 saturated carbocycles. The van der Waals surface area contributed by atoms with Crippen molar-refractivity contribution in [3.05, 3.63) is 29.4 Å². The van der Waals surface area contributed by atoms with Gasteiger partial charge in [-0.3, -0.25) is 0 Å². The number of carboxylic acids is 1. The molecule has 7 nitrogen and oxygen atoms in total. The van der Waals surface area contributed by atoms with Crippen LogP contribution in [0.2, 0.25) is 0 Å². The van der Waals surface area contributed by atoms with Gasteiger partial charge in [-0.2, -0.15) is 0 Å². The summed E-state index contributed by atoms with van der Waals surface area (Å²) in [5.41, 5.74) is 6.45. The van der Waals surface area contributed by atoms with Gasteiger partial charge in [-0.15, -0.1) is 11.3 Å². The summed E-state index contributed by atoms with van der Waals surface area (Å²) < 4.78 is 0. The molecule has 0 atom stereocenters. The van der Waals surface area contributed by atoms with Crippen LogP contribution in [-0.2, 0) is 0 Å². The molecule has 1 saturated heterocycles. The summed E-state index contributed by atoms with van der Waals surface area (Å²) in [6, 6.07) is 3.02. The maximum atomic E-state index is 11.0. The molecule has 21 heavy (non-hydrogen) atoms. The largest absolute Gasteiger partial charge is 0.477 e. The number of nitrogen functional groups attached to an aromatic ring is 1. The number of aromatic carboxylic acids is 1. The number of piperazine rings is 1. The number of anilines is 3. The number of carboxylic acid groups (broad SMARTS) is 1. The number of thiazole rings is 1. The minimum atomic E-state index is -1.04. The standard InChI is InChI=1S/C13H15N5O2S/c14-9-1-2-10(12(19)20)16-11(9)17-4-6-18(7-5-17)13-15-3-8-21-13/h1-3,8H,4-7,14H2,(H,19,20). The third kappa shape index (κ3) is 2.75. The van der Waals surface area contributed by atoms with Crippen molar-refractivity contribution >= 4 is 33.9 Å². The van der Waals surface area contributed by atoms with E-state index in [2.05, 4.69) is 14.9 Å². The zero-order valence-corrected chi connectivity index (χ0v) is 12.1. The van der Waals surface area contributed by atoms with Crippen LogP contribution >= 0.6 is 11.3 Å². The lowest BCUT2D eigenvalue weighted by molar-refractivity contribution is 0.0690. The summed E-state index contributed by atoms with van der Waals surface area (Å²) in [4.78, 5) is 23.7. The van der Waals surface area contributed by atoms with Crippen LogP contribution in [0.4, 0.5) is 16.6 Å². The Kier molecular flexibility index (Phi) is 3.61. The number of hydrogen-bond donors (Lipinski definition) is 2. The average molecular weight is 305 g/mol. The van der Waals surface area contributed by atoms with Gasteiger partial charge in [0.2, 0.25) is 0 Å². The molecule has 1 aliphatic heterocycles. The van der Waals surface area contributed by atoms with Gasteiger partial charge in [0.25, 0.3) is 0 Å². The summed E-state index contributed by atoms with van der Waals surface area (Å²) in [6.07, 6.45) is 1.79. The van der Waals surface area contributed by atoms with Gasteiger partial charge in [0.15, 0.2) is 16.6 Å². The highest BCUT2D eigenvalue weighted by Crippen LogP contribution is 2.24. The molecule has 2 aromatic rings. The maximum absolute atomic E-state index is 11.0. The number of nitrogens with two attached hydrogens (primary N) is 1. The first-order chi connectivity index (χ1) is 10.1. The zero-order chi connectivity index (χ0) is 14.8. The first-order valence-electron chi connectivity index (χ1n) is 6.54. The van der Waals surface area contributed by atoms with Gasteiger partial charge < -0.3 is 20.6 Å². The highest BCUT2D eigenvalue weighted by molar-refractivity contribution is 7.13. The molecule has 3 rings (SSSR count). The van der Waals surface area contributed by atoms with Gasteiger partial charge in [0.1, 0.15) is 0 Å². The number of nitrogens with zero attached hydrogens (tertiary/aromatic N) is 4. The second kappa shape index (κ2) is 5.57. The van der Waals surface area contributed by atoms with Crippen molar-refractivity contribution in [1.29, 1.82) is 0 Å². The van der Waals surface area contributed by atoms with E-state index in [9.17, 15) is 4.79 Å². The summed E-state index contributed by atoms with van der Waals surface area (Å²) in [7, 11) is 0. The lowest BCUT2D eigenvalue weighted by atomic mass is 10.2. The minimum absolute atomic E-state index is 0.0153. The topological polar surface area (TPSA) is 95.6 Å². The molecule has 1 fully saturated rings. The van der Waals surface area contributed by atoms with Gasteiger partial charge in [0.05, 0.1) is 5.69 Å². The van der Waals surface area contributed by atoms with Crippen LogP contribution in [0.25, 0.3) is 0 Å². The van der Waals surface area contributed by atoms with Gasteiger partial charge >= 0.3 is 5.97 Å². The van der Waals surface area contributed by atoms with E-state index in [0.29, 0.717) is 11.5 Å². The molecule has 0 unspecified atom stereocenters. The van der Waals surface area contributed by atoms with Crippen LogP contribution in [0.1, 0.15) is 10.5 Å². The summed E-state index contributed by atoms with van der Waals surface area (Å²) in [6.45, 7) is 3.09. The van der Waals surface area contributed by atoms with E-state index in [0.717, 1.165) is 31.3 Å². The Balaban J connectivity index is 1.75. The third-order valence-corrected chi connectivity index (χ3v) is 4.23. The molecule has 1 aliphatic rings. The van der Waals surface area contributed by atoms with E-state index in [1.165, 1.54) is 6.07 Å². The summed E-state index contributed by atoms with van der Waals surface area (Å²) >= 11 is 1.61. The van der Waals surface area contributed by atoms with Crippen molar-refractivity contribution in [3.63, 3.8) is 0 Å². The molecule has 110 valence electrons. The molecular weight excluding hydrogens is 290 g/mol. The molecule has 0 aromatic carbocycles. The summed E-state index contributed by atoms with van der Waals surface area (Å²) in [5.74, 6) is -0.494. The fourth-order valence-corrected chi connectivity index (χ4v) is 3.01. The number of hydrogen-bond acceptors (Lipinski definition) is 7. The van der Waals surface area contributed by atoms with Crippen LogP contribution < -0.4 is 15.5 Å². The number of pyridine rings is 1. The molecule has 3 N–H and O–H groups in total. The molecular formula is C13H15N5O2S. The number of carbonyl (C=O) groups is 1. The van der Waals surface area contributed by atoms with Gasteiger partial charge in [-0.25, -0.2) is 14.8 Å². The molecule has 3 heterocycles. The van der Waals surface area contributed by atoms with Crippen LogP contribution in [-0.4, -0.2) is 47.2 Å². The van der Waals surface area contributed by atoms with E-state index >= 15 is 0 Å². The van der Waals surface area contributed by atoms with Crippen LogP contribution in [0.3, 0.4) is 0 Å². The quantitative estimate of drug-likeness (QED) is 0.878. The zero-order valence-electron chi connectivity index (χ0n) is 11.3. The van der Waals surface area contributed by atoms with Gasteiger partial charge in [-0.1, -0.05) is 0 Å². The number of rotatable bonds is 3. The van der Waals surface area contributed by atoms with Crippen LogP contribution in [0.15, 0.2) is 23.7 Å². The fourth-order valence-electron chi connectivity index (χ4n) is 2.31. The predicted molar refractivity (Wildman–Crippen MR) is 82.1 cm³/mol. The van der Waals surface area contributed by atoms with Crippen LogP contribution in [0.5, 0.6) is 0 Å². The second-order valence-corrected chi connectivity index (χ2v) is 5.58. The molecule has 0 aliphatic carbocycles. The third-order valence-electron chi connectivity index (χ3n) is 3.39. The van der Waals surface area contributed by atoms with Crippen molar-refractivity contribution in [2.75, 3.05) is 41.7 Å². The molecule has 0 radical (unpaired) electrons. The van der Waals surface area contributed by atoms with Crippen molar-refractivity contribution < 1.29 is 9.90 Å². The predicted octanol–water partition coefficient (Wildman–Crippen LogP) is 1.15. The smallest absolute Gasteiger partial charge is 0.354 e. The van der Waals surface area contributed by atoms with E-state index in [-0.39, 0.29) is 5.69 Å². The second-order valence-electron chi connectivity index (χ2n) is 4.70. The van der Waals surface area contributed by atoms with Crippen LogP contribution in [0, 0.1) is 0 Å². The van der Waals surface area contributed by atoms with E-state index in [1.54, 1.807) is 23.6 Å². The minimum Gasteiger partial charge on any atom is -0.477 e. The van der Waals surface area contributed by atoms with E-state index < -0.39 is 5.97 Å². The first-order valence-corrected chi connectivity index (χ1v) is 7.42. The SMILES string of the molecule is Nc1ccc(C(=O)O)nc1N1CCN(c2nccs2)CC1. The Bertz CT molecular complexity index is 638. The molecule has 8 heteroatoms. The Hall–Kier alpha value is -2.35. The first kappa shape index (κ1) is 13.6. The lowest BCUT2D eigenvalue weighted by Crippen LogP contribution is -2.47. The Morgan fingerprint density at radius 1 is 1.24 bits per heavy atom. The van der Waals surface area contributed by atoms with Crippen molar-refractivity contribution in [2.24, 2.45) is 0 Å². The Morgan fingerprint density at radius 2 is 1.95 bits per heavy atom. The van der Waals surface area contributed by atoms with E-state index in [4.69, 9.17) is 10.8 Å². The average Bonchev–Trinajstić information content (AvgIpc) is 3.02. The van der Waals surface area contributed by atoms with Crippen molar-refractivity contribution in [3.8, 4) is 0 Å². The highest BCUT2D eigenvalue weighted by Gasteiger charge is 2.22. The van der Waals surface area contributed by atoms with Crippen molar-refractivity contribution in [1.82, 2.24) is 9.97 Å². The molecule has 0 amide bonds. The Morgan fingerprint density at radius 3 is 2.57 bits per heavy atom. The molecule has 0 bridgehead atoms. The maximum Gasteiger partial charge on any atom is 0.354 e. The van der Waals surface area contributed by atoms with Gasteiger partial charge in [0, 0.05) is 37.8 Å².